The van der Waals surface area contributed by atoms with Crippen LogP contribution in [0.2, 0.25) is 0 Å². The van der Waals surface area contributed by atoms with E-state index < -0.39 is 81.5 Å². The fourth-order valence-electron chi connectivity index (χ4n) is 7.36. The number of piperazine rings is 2. The number of hydrogen-bond donors (Lipinski definition) is 4. The fraction of sp³-hybridized carbons (Fsp3) is 0.611. The van der Waals surface area contributed by atoms with E-state index >= 15 is 0 Å². The van der Waals surface area contributed by atoms with Crippen LogP contribution in [0, 0.1) is 0 Å². The predicted octanol–water partition coefficient (Wildman–Crippen LogP) is -5.80. The molecule has 2 unspecified atom stereocenters. The van der Waals surface area contributed by atoms with Gasteiger partial charge in [-0.2, -0.15) is 0 Å². The molecule has 2 aromatic heterocycles. The highest BCUT2D eigenvalue weighted by Crippen LogP contribution is 2.13. The summed E-state index contributed by atoms with van der Waals surface area (Å²) in [5, 5.41) is 22.6. The summed E-state index contributed by atoms with van der Waals surface area (Å²) in [4.78, 5) is 136. The van der Waals surface area contributed by atoms with E-state index in [0.29, 0.717) is 62.2 Å². The van der Waals surface area contributed by atoms with Crippen molar-refractivity contribution in [1.29, 1.82) is 0 Å². The molecule has 60 heavy (non-hydrogen) atoms. The lowest BCUT2D eigenvalue weighted by Crippen LogP contribution is -2.56. The first kappa shape index (κ1) is 46.7. The molecular formula is C36H52N12O12-2. The van der Waals surface area contributed by atoms with Gasteiger partial charge in [0.05, 0.1) is 13.1 Å². The lowest BCUT2D eigenvalue weighted by molar-refractivity contribution is -0.262. The third-order valence-electron chi connectivity index (χ3n) is 10.8. The van der Waals surface area contributed by atoms with Crippen LogP contribution in [0.3, 0.4) is 0 Å². The molecule has 4 rings (SSSR count). The molecule has 0 spiro atoms. The number of nitrogens with two attached hydrogens (primary N) is 2. The molecule has 0 saturated carbocycles. The molecule has 4 heterocycles. The molecule has 6 amide bonds. The second-order valence-corrected chi connectivity index (χ2v) is 14.5. The monoisotopic (exact) mass is 844 g/mol. The van der Waals surface area contributed by atoms with Crippen LogP contribution >= 0.6 is 0 Å². The number of imide groups is 2. The van der Waals surface area contributed by atoms with E-state index in [9.17, 15) is 58.2 Å². The molecule has 2 aliphatic heterocycles. The Labute approximate surface area is 342 Å². The largest absolute Gasteiger partial charge is 0.530 e. The summed E-state index contributed by atoms with van der Waals surface area (Å²) in [5.41, 5.74) is 6.31. The molecule has 24 heteroatoms. The van der Waals surface area contributed by atoms with Gasteiger partial charge >= 0.3 is 11.4 Å². The maximum atomic E-state index is 12.7. The Morgan fingerprint density at radius 2 is 0.933 bits per heavy atom. The van der Waals surface area contributed by atoms with Crippen molar-refractivity contribution >= 4 is 35.8 Å². The zero-order valence-corrected chi connectivity index (χ0v) is 33.7. The Morgan fingerprint density at radius 3 is 1.22 bits per heavy atom. The Kier molecular flexibility index (Phi) is 16.6. The van der Waals surface area contributed by atoms with E-state index in [2.05, 4.69) is 9.80 Å². The minimum atomic E-state index is -1.81. The lowest BCUT2D eigenvalue weighted by atomic mass is 10.1. The first-order valence-corrected chi connectivity index (χ1v) is 19.7. The van der Waals surface area contributed by atoms with Crippen LogP contribution in [0.15, 0.2) is 31.6 Å². The number of carboxylic acid groups (broad SMARTS) is 2. The van der Waals surface area contributed by atoms with Gasteiger partial charge in [0, 0.05) is 77.8 Å². The maximum Gasteiger partial charge on any atom is 0.328 e. The van der Waals surface area contributed by atoms with E-state index in [1.807, 2.05) is 19.8 Å². The summed E-state index contributed by atoms with van der Waals surface area (Å²) in [7, 11) is 0. The zero-order chi connectivity index (χ0) is 44.3. The topological polar surface area (TPSA) is 330 Å². The standard InChI is InChI=1S/C36H54N12O12/c1-3-47(35(57)58)31(53)23-19-45(33(55)39-29(23)51)21-25(27(37)49)43-15-11-41(12-16-43)9-7-5-6-8-10-42-13-17-44(18-14-42)26(28(38)50)22-46-20-24(30(52)40-34(46)56)32(54)48(4-2)36(59)60/h19-20,25-26H,3-18,21-22H2,1-2H3,(H2,37,49)(H2,38,50)(H,57,58)(H,59,60)(H,39,51,55)(H,40,52,56)/p-2. The average molecular weight is 845 g/mol. The second kappa shape index (κ2) is 21.3. The van der Waals surface area contributed by atoms with Gasteiger partial charge in [0.25, 0.3) is 22.9 Å². The van der Waals surface area contributed by atoms with Crippen LogP contribution in [-0.2, 0) is 22.7 Å². The number of amides is 6. The maximum absolute atomic E-state index is 12.7. The van der Waals surface area contributed by atoms with Gasteiger partial charge in [-0.15, -0.1) is 0 Å². The number of primary amides is 2. The molecular weight excluding hydrogens is 792 g/mol. The molecule has 0 bridgehead atoms. The van der Waals surface area contributed by atoms with E-state index in [1.165, 1.54) is 13.8 Å². The second-order valence-electron chi connectivity index (χ2n) is 14.5. The smallest absolute Gasteiger partial charge is 0.328 e. The number of carbonyl (C=O) groups excluding carboxylic acids is 6. The summed E-state index contributed by atoms with van der Waals surface area (Å²) in [6, 6.07) is -1.87. The van der Waals surface area contributed by atoms with Gasteiger partial charge in [-0.25, -0.2) is 9.59 Å². The van der Waals surface area contributed by atoms with Crippen molar-refractivity contribution in [3.05, 3.63) is 65.2 Å². The number of nitrogens with one attached hydrogen (secondary N) is 2. The van der Waals surface area contributed by atoms with Gasteiger partial charge in [-0.05, 0) is 39.8 Å². The highest BCUT2D eigenvalue weighted by molar-refractivity contribution is 6.02. The highest BCUT2D eigenvalue weighted by atomic mass is 16.4. The van der Waals surface area contributed by atoms with Gasteiger partial charge in [-0.1, -0.05) is 12.8 Å². The molecule has 0 radical (unpaired) electrons. The fourth-order valence-corrected chi connectivity index (χ4v) is 7.36. The zero-order valence-electron chi connectivity index (χ0n) is 33.7. The molecule has 24 nitrogen and oxygen atoms in total. The van der Waals surface area contributed by atoms with Crippen LogP contribution in [0.25, 0.3) is 0 Å². The molecule has 2 fully saturated rings. The molecule has 6 N–H and O–H groups in total. The molecule has 2 atom stereocenters. The van der Waals surface area contributed by atoms with E-state index in [-0.39, 0.29) is 26.2 Å². The summed E-state index contributed by atoms with van der Waals surface area (Å²) in [6.45, 7) is 7.77. The van der Waals surface area contributed by atoms with Gasteiger partial charge < -0.3 is 41.1 Å². The highest BCUT2D eigenvalue weighted by Gasteiger charge is 2.31. The van der Waals surface area contributed by atoms with Crippen molar-refractivity contribution in [1.82, 2.24) is 48.5 Å². The first-order chi connectivity index (χ1) is 28.5. The first-order valence-electron chi connectivity index (χ1n) is 19.7. The van der Waals surface area contributed by atoms with Crippen molar-refractivity contribution in [3.63, 3.8) is 0 Å². The van der Waals surface area contributed by atoms with Crippen LogP contribution in [-0.4, -0.2) is 175 Å². The molecule has 2 aromatic rings. The van der Waals surface area contributed by atoms with Crippen molar-refractivity contribution in [3.8, 4) is 0 Å². The predicted molar refractivity (Wildman–Crippen MR) is 207 cm³/mol. The van der Waals surface area contributed by atoms with Crippen molar-refractivity contribution < 1.29 is 39.0 Å². The van der Waals surface area contributed by atoms with Crippen molar-refractivity contribution in [2.45, 2.75) is 64.7 Å². The summed E-state index contributed by atoms with van der Waals surface area (Å²) < 4.78 is 1.93. The quantitative estimate of drug-likeness (QED) is 0.0957. The average Bonchev–Trinajstić information content (AvgIpc) is 3.19. The number of H-pyrrole nitrogens is 2. The summed E-state index contributed by atoms with van der Waals surface area (Å²) >= 11 is 0. The van der Waals surface area contributed by atoms with Gasteiger partial charge in [-0.3, -0.25) is 67.5 Å². The molecule has 0 aliphatic carbocycles. The number of unbranched alkanes of at least 4 members (excludes halogenated alkanes) is 3. The summed E-state index contributed by atoms with van der Waals surface area (Å²) in [6.07, 6.45) is 2.09. The Morgan fingerprint density at radius 1 is 0.600 bits per heavy atom. The number of rotatable bonds is 19. The SMILES string of the molecule is CCN(C(=O)[O-])C(=O)c1cn(CC(C(N)=O)N2CCN(CCCCCCN3CCN(C(Cn4cc(C(=O)N(CC)C(=O)[O-])c(=O)[nH]c4=O)C(N)=O)CC3)CC2)c(=O)[nH]c1=O. The van der Waals surface area contributed by atoms with Crippen molar-refractivity contribution in [2.75, 3.05) is 78.5 Å². The number of carbonyl (C=O) groups is 6. The number of aromatic amines is 2. The van der Waals surface area contributed by atoms with Crippen LogP contribution in [0.1, 0.15) is 60.2 Å². The van der Waals surface area contributed by atoms with E-state index in [1.54, 1.807) is 0 Å². The van der Waals surface area contributed by atoms with Gasteiger partial charge in [0.2, 0.25) is 11.8 Å². The summed E-state index contributed by atoms with van der Waals surface area (Å²) in [5.74, 6) is -3.74. The van der Waals surface area contributed by atoms with Crippen LogP contribution in [0.4, 0.5) is 9.59 Å². The minimum absolute atomic E-state index is 0.264. The number of nitrogens with zero attached hydrogens (tertiary/aromatic N) is 8. The van der Waals surface area contributed by atoms with E-state index in [0.717, 1.165) is 60.3 Å². The number of aromatic nitrogens is 4. The normalized spacial score (nSPS) is 16.5. The molecule has 330 valence electrons. The third kappa shape index (κ3) is 11.8. The minimum Gasteiger partial charge on any atom is -0.530 e. The third-order valence-corrected chi connectivity index (χ3v) is 10.8. The Hall–Kier alpha value is -5.98. The Balaban J connectivity index is 1.19. The molecule has 2 aliphatic rings. The van der Waals surface area contributed by atoms with Crippen LogP contribution < -0.4 is 44.2 Å². The van der Waals surface area contributed by atoms with Crippen LogP contribution in [0.5, 0.6) is 0 Å². The Bertz CT molecular complexity index is 1980. The van der Waals surface area contributed by atoms with Crippen molar-refractivity contribution in [2.24, 2.45) is 11.5 Å². The van der Waals surface area contributed by atoms with E-state index in [4.69, 9.17) is 11.5 Å². The molecule has 2 saturated heterocycles. The lowest BCUT2D eigenvalue weighted by Gasteiger charge is -2.38. The molecule has 0 aromatic carbocycles. The number of hydrogen-bond acceptors (Lipinski definition) is 16. The van der Waals surface area contributed by atoms with Gasteiger partial charge in [0.1, 0.15) is 35.4 Å². The van der Waals surface area contributed by atoms with Gasteiger partial charge in [0.15, 0.2) is 0 Å².